The average molecular weight is 407 g/mol. The Morgan fingerprint density at radius 2 is 2.00 bits per heavy atom. The lowest BCUT2D eigenvalue weighted by Gasteiger charge is -2.11. The molecule has 1 aliphatic carbocycles. The molecule has 0 spiro atoms. The molecule has 1 aromatic carbocycles. The molecule has 1 saturated carbocycles. The van der Waals surface area contributed by atoms with Gasteiger partial charge in [-0.3, -0.25) is 0 Å². The zero-order valence-corrected chi connectivity index (χ0v) is 16.3. The Bertz CT molecular complexity index is 1040. The van der Waals surface area contributed by atoms with Gasteiger partial charge in [0.15, 0.2) is 12.4 Å². The number of pyridine rings is 1. The molecule has 154 valence electrons. The lowest BCUT2D eigenvalue weighted by atomic mass is 10.3. The van der Waals surface area contributed by atoms with Crippen LogP contribution >= 0.6 is 0 Å². The summed E-state index contributed by atoms with van der Waals surface area (Å²) in [4.78, 5) is 28.9. The van der Waals surface area contributed by atoms with Gasteiger partial charge in [0.2, 0.25) is 11.9 Å². The smallest absolute Gasteiger partial charge is 0.340 e. The largest absolute Gasteiger partial charge is 0.495 e. The second-order valence-electron chi connectivity index (χ2n) is 6.69. The lowest BCUT2D eigenvalue weighted by Crippen LogP contribution is -2.12. The number of benzene rings is 1. The SMILES string of the molecule is COc1ccccc1Nc1nc(N)nc(COC(=O)c2ccc(NC3CC3)nc2)n1. The summed E-state index contributed by atoms with van der Waals surface area (Å²) in [7, 11) is 1.57. The van der Waals surface area contributed by atoms with Crippen LogP contribution < -0.4 is 21.1 Å². The van der Waals surface area contributed by atoms with Crippen molar-refractivity contribution < 1.29 is 14.3 Å². The molecule has 0 radical (unpaired) electrons. The van der Waals surface area contributed by atoms with Gasteiger partial charge in [0.1, 0.15) is 11.6 Å². The van der Waals surface area contributed by atoms with E-state index in [4.69, 9.17) is 15.2 Å². The molecule has 10 heteroatoms. The van der Waals surface area contributed by atoms with Gasteiger partial charge in [-0.2, -0.15) is 15.0 Å². The van der Waals surface area contributed by atoms with Crippen LogP contribution in [0, 0.1) is 0 Å². The summed E-state index contributed by atoms with van der Waals surface area (Å²) in [5.41, 5.74) is 6.78. The van der Waals surface area contributed by atoms with E-state index in [-0.39, 0.29) is 24.3 Å². The maximum atomic E-state index is 12.3. The molecule has 0 amide bonds. The van der Waals surface area contributed by atoms with Crippen molar-refractivity contribution in [1.82, 2.24) is 19.9 Å². The Morgan fingerprint density at radius 1 is 1.17 bits per heavy atom. The van der Waals surface area contributed by atoms with Crippen molar-refractivity contribution in [2.75, 3.05) is 23.5 Å². The first kappa shape index (κ1) is 19.4. The second kappa shape index (κ2) is 8.60. The molecule has 0 unspecified atom stereocenters. The van der Waals surface area contributed by atoms with Crippen LogP contribution in [0.1, 0.15) is 29.0 Å². The monoisotopic (exact) mass is 407 g/mol. The predicted molar refractivity (Wildman–Crippen MR) is 111 cm³/mol. The van der Waals surface area contributed by atoms with Gasteiger partial charge in [-0.25, -0.2) is 9.78 Å². The molecule has 30 heavy (non-hydrogen) atoms. The molecule has 2 heterocycles. The molecule has 1 aliphatic rings. The number of carbonyl (C=O) groups is 1. The number of para-hydroxylation sites is 2. The molecule has 1 fully saturated rings. The summed E-state index contributed by atoms with van der Waals surface area (Å²) in [6.07, 6.45) is 3.77. The van der Waals surface area contributed by atoms with Crippen molar-refractivity contribution in [3.8, 4) is 5.75 Å². The number of methoxy groups -OCH3 is 1. The van der Waals surface area contributed by atoms with Crippen LogP contribution in [0.5, 0.6) is 5.75 Å². The first-order valence-corrected chi connectivity index (χ1v) is 9.41. The fourth-order valence-corrected chi connectivity index (χ4v) is 2.68. The van der Waals surface area contributed by atoms with Gasteiger partial charge in [-0.05, 0) is 37.1 Å². The number of hydrogen-bond donors (Lipinski definition) is 3. The maximum absolute atomic E-state index is 12.3. The molecule has 4 N–H and O–H groups in total. The molecular weight excluding hydrogens is 386 g/mol. The number of ether oxygens (including phenoxy) is 2. The Hall–Kier alpha value is -3.95. The quantitative estimate of drug-likeness (QED) is 0.478. The Balaban J connectivity index is 1.39. The number of aromatic nitrogens is 4. The lowest BCUT2D eigenvalue weighted by molar-refractivity contribution is 0.0461. The maximum Gasteiger partial charge on any atom is 0.340 e. The van der Waals surface area contributed by atoms with E-state index < -0.39 is 5.97 Å². The van der Waals surface area contributed by atoms with Crippen LogP contribution in [0.2, 0.25) is 0 Å². The van der Waals surface area contributed by atoms with Gasteiger partial charge < -0.3 is 25.8 Å². The summed E-state index contributed by atoms with van der Waals surface area (Å²) >= 11 is 0. The molecular formula is C20H21N7O3. The number of carbonyl (C=O) groups excluding carboxylic acids is 1. The van der Waals surface area contributed by atoms with Crippen molar-refractivity contribution >= 4 is 29.4 Å². The Labute approximate surface area is 172 Å². The zero-order chi connectivity index (χ0) is 20.9. The third kappa shape index (κ3) is 4.90. The number of nitrogen functional groups attached to an aromatic ring is 1. The molecule has 0 bridgehead atoms. The van der Waals surface area contributed by atoms with E-state index in [2.05, 4.69) is 30.6 Å². The summed E-state index contributed by atoms with van der Waals surface area (Å²) < 4.78 is 10.6. The van der Waals surface area contributed by atoms with Crippen LogP contribution in [0.25, 0.3) is 0 Å². The van der Waals surface area contributed by atoms with Crippen molar-refractivity contribution in [2.24, 2.45) is 0 Å². The first-order valence-electron chi connectivity index (χ1n) is 9.41. The highest BCUT2D eigenvalue weighted by Crippen LogP contribution is 2.26. The van der Waals surface area contributed by atoms with Gasteiger partial charge in [-0.1, -0.05) is 12.1 Å². The van der Waals surface area contributed by atoms with Crippen molar-refractivity contribution in [2.45, 2.75) is 25.5 Å². The number of nitrogens with zero attached hydrogens (tertiary/aromatic N) is 4. The van der Waals surface area contributed by atoms with Crippen LogP contribution in [-0.4, -0.2) is 39.1 Å². The zero-order valence-electron chi connectivity index (χ0n) is 16.3. The highest BCUT2D eigenvalue weighted by molar-refractivity contribution is 5.89. The summed E-state index contributed by atoms with van der Waals surface area (Å²) in [5.74, 6) is 1.27. The molecule has 0 aliphatic heterocycles. The third-order valence-corrected chi connectivity index (χ3v) is 4.31. The van der Waals surface area contributed by atoms with E-state index >= 15 is 0 Å². The molecule has 2 aromatic heterocycles. The predicted octanol–water partition coefficient (Wildman–Crippen LogP) is 2.53. The minimum Gasteiger partial charge on any atom is -0.495 e. The molecule has 3 aromatic rings. The summed E-state index contributed by atoms with van der Waals surface area (Å²) in [6, 6.07) is 11.2. The van der Waals surface area contributed by atoms with Crippen LogP contribution in [0.4, 0.5) is 23.4 Å². The number of hydrogen-bond acceptors (Lipinski definition) is 10. The average Bonchev–Trinajstić information content (AvgIpc) is 3.56. The van der Waals surface area contributed by atoms with Crippen molar-refractivity contribution in [3.05, 3.63) is 54.0 Å². The number of nitrogens with one attached hydrogen (secondary N) is 2. The van der Waals surface area contributed by atoms with E-state index in [0.29, 0.717) is 23.0 Å². The van der Waals surface area contributed by atoms with Gasteiger partial charge >= 0.3 is 5.97 Å². The first-order chi connectivity index (χ1) is 14.6. The molecule has 0 atom stereocenters. The minimum absolute atomic E-state index is 0.00520. The van der Waals surface area contributed by atoms with Gasteiger partial charge in [-0.15, -0.1) is 0 Å². The number of esters is 1. The normalized spacial score (nSPS) is 12.8. The number of nitrogens with two attached hydrogens (primary N) is 1. The van der Waals surface area contributed by atoms with Crippen molar-refractivity contribution in [3.63, 3.8) is 0 Å². The van der Waals surface area contributed by atoms with E-state index in [1.54, 1.807) is 25.3 Å². The third-order valence-electron chi connectivity index (χ3n) is 4.31. The van der Waals surface area contributed by atoms with E-state index in [0.717, 1.165) is 18.7 Å². The Morgan fingerprint density at radius 3 is 2.73 bits per heavy atom. The molecule has 0 saturated heterocycles. The second-order valence-corrected chi connectivity index (χ2v) is 6.69. The standard InChI is InChI=1S/C20H21N7O3/c1-29-15-5-3-2-4-14(15)24-20-26-17(25-19(21)27-20)11-30-18(28)12-6-9-16(22-10-12)23-13-7-8-13/h2-6,9-10,13H,7-8,11H2,1H3,(H,22,23)(H3,21,24,25,26,27). The van der Waals surface area contributed by atoms with Crippen LogP contribution in [0.3, 0.4) is 0 Å². The highest BCUT2D eigenvalue weighted by Gasteiger charge is 2.21. The number of rotatable bonds is 8. The van der Waals surface area contributed by atoms with Crippen LogP contribution in [0.15, 0.2) is 42.6 Å². The van der Waals surface area contributed by atoms with Gasteiger partial charge in [0.05, 0.1) is 18.4 Å². The number of anilines is 4. The molecule has 4 rings (SSSR count). The van der Waals surface area contributed by atoms with Gasteiger partial charge in [0, 0.05) is 12.2 Å². The van der Waals surface area contributed by atoms with E-state index in [9.17, 15) is 4.79 Å². The Kier molecular flexibility index (Phi) is 5.55. The van der Waals surface area contributed by atoms with Gasteiger partial charge in [0.25, 0.3) is 0 Å². The fourth-order valence-electron chi connectivity index (χ4n) is 2.68. The van der Waals surface area contributed by atoms with Crippen LogP contribution in [-0.2, 0) is 11.3 Å². The van der Waals surface area contributed by atoms with Crippen molar-refractivity contribution in [1.29, 1.82) is 0 Å². The van der Waals surface area contributed by atoms with E-state index in [1.165, 1.54) is 6.20 Å². The highest BCUT2D eigenvalue weighted by atomic mass is 16.5. The molecule has 10 nitrogen and oxygen atoms in total. The summed E-state index contributed by atoms with van der Waals surface area (Å²) in [6.45, 7) is -0.158. The summed E-state index contributed by atoms with van der Waals surface area (Å²) in [5, 5.41) is 6.29. The van der Waals surface area contributed by atoms with E-state index in [1.807, 2.05) is 18.2 Å². The topological polar surface area (TPSA) is 137 Å². The fraction of sp³-hybridized carbons (Fsp3) is 0.250. The minimum atomic E-state index is -0.529.